The zero-order valence-corrected chi connectivity index (χ0v) is 18.2. The first-order valence-electron chi connectivity index (χ1n) is 9.46. The number of hydrogen-bond acceptors (Lipinski definition) is 5. The third-order valence-electron chi connectivity index (χ3n) is 5.31. The molecule has 0 radical (unpaired) electrons. The highest BCUT2D eigenvalue weighted by Gasteiger charge is 2.44. The minimum atomic E-state index is -3.81. The van der Waals surface area contributed by atoms with Crippen molar-refractivity contribution in [2.75, 3.05) is 20.2 Å². The summed E-state index contributed by atoms with van der Waals surface area (Å²) in [5.74, 6) is 0.195. The maximum Gasteiger partial charge on any atom is 0.243 e. The van der Waals surface area contributed by atoms with Crippen molar-refractivity contribution in [1.29, 1.82) is 0 Å². The standard InChI is InChI=1S/C22H20FNO5S2/c1-29-19-8-12-20(13-9-19)30(25,26)22-14-24(15-22)31(27,28)21-10-4-17(5-11-21)16-2-6-18(23)7-3-16/h2-13,22H,14-15H2,1H3. The van der Waals surface area contributed by atoms with E-state index in [9.17, 15) is 21.2 Å². The van der Waals surface area contributed by atoms with E-state index in [1.807, 2.05) is 0 Å². The molecule has 0 aliphatic carbocycles. The van der Waals surface area contributed by atoms with Gasteiger partial charge in [0.1, 0.15) is 11.6 Å². The minimum Gasteiger partial charge on any atom is -0.497 e. The minimum absolute atomic E-state index is 0.0821. The summed E-state index contributed by atoms with van der Waals surface area (Å²) in [7, 11) is -5.96. The zero-order valence-electron chi connectivity index (χ0n) is 16.6. The first kappa shape index (κ1) is 21.5. The van der Waals surface area contributed by atoms with Crippen LogP contribution >= 0.6 is 0 Å². The number of benzene rings is 3. The Morgan fingerprint density at radius 3 is 1.77 bits per heavy atom. The van der Waals surface area contributed by atoms with Crippen LogP contribution < -0.4 is 4.74 Å². The van der Waals surface area contributed by atoms with Crippen LogP contribution in [0, 0.1) is 5.82 Å². The normalized spacial score (nSPS) is 15.4. The lowest BCUT2D eigenvalue weighted by atomic mass is 10.1. The molecule has 3 aromatic rings. The summed E-state index contributed by atoms with van der Waals surface area (Å²) in [5.41, 5.74) is 1.52. The Balaban J connectivity index is 1.47. The van der Waals surface area contributed by atoms with E-state index < -0.39 is 25.1 Å². The van der Waals surface area contributed by atoms with E-state index in [0.29, 0.717) is 5.75 Å². The zero-order chi connectivity index (χ0) is 22.2. The Morgan fingerprint density at radius 1 is 0.774 bits per heavy atom. The molecule has 6 nitrogen and oxygen atoms in total. The lowest BCUT2D eigenvalue weighted by Crippen LogP contribution is -2.56. The van der Waals surface area contributed by atoms with Crippen molar-refractivity contribution in [2.24, 2.45) is 0 Å². The van der Waals surface area contributed by atoms with Gasteiger partial charge in [-0.1, -0.05) is 24.3 Å². The molecule has 0 atom stereocenters. The molecule has 162 valence electrons. The molecule has 1 aliphatic heterocycles. The predicted octanol–water partition coefficient (Wildman–Crippen LogP) is 3.35. The largest absolute Gasteiger partial charge is 0.497 e. The summed E-state index contributed by atoms with van der Waals surface area (Å²) < 4.78 is 70.5. The van der Waals surface area contributed by atoms with Crippen molar-refractivity contribution in [3.05, 3.63) is 78.6 Å². The van der Waals surface area contributed by atoms with Gasteiger partial charge >= 0.3 is 0 Å². The molecule has 0 saturated carbocycles. The van der Waals surface area contributed by atoms with Crippen molar-refractivity contribution in [1.82, 2.24) is 4.31 Å². The average molecular weight is 462 g/mol. The Bertz CT molecular complexity index is 1280. The molecule has 0 unspecified atom stereocenters. The van der Waals surface area contributed by atoms with Gasteiger partial charge in [-0.3, -0.25) is 0 Å². The molecule has 1 saturated heterocycles. The van der Waals surface area contributed by atoms with Crippen LogP contribution in [-0.2, 0) is 19.9 Å². The Hall–Kier alpha value is -2.75. The van der Waals surface area contributed by atoms with Crippen LogP contribution in [0.4, 0.5) is 4.39 Å². The summed E-state index contributed by atoms with van der Waals surface area (Å²) in [6.07, 6.45) is 0. The summed E-state index contributed by atoms with van der Waals surface area (Å²) in [6, 6.07) is 18.2. The highest BCUT2D eigenvalue weighted by molar-refractivity contribution is 7.92. The van der Waals surface area contributed by atoms with E-state index in [2.05, 4.69) is 0 Å². The highest BCUT2D eigenvalue weighted by Crippen LogP contribution is 2.30. The second-order valence-electron chi connectivity index (χ2n) is 7.20. The summed E-state index contributed by atoms with van der Waals surface area (Å²) in [6.45, 7) is -0.202. The molecule has 9 heteroatoms. The van der Waals surface area contributed by atoms with Crippen LogP contribution in [0.15, 0.2) is 82.6 Å². The fourth-order valence-electron chi connectivity index (χ4n) is 3.36. The van der Waals surface area contributed by atoms with Gasteiger partial charge in [-0.15, -0.1) is 0 Å². The predicted molar refractivity (Wildman–Crippen MR) is 115 cm³/mol. The first-order chi connectivity index (χ1) is 14.7. The van der Waals surface area contributed by atoms with Gasteiger partial charge in [-0.2, -0.15) is 4.31 Å². The van der Waals surface area contributed by atoms with E-state index in [1.165, 1.54) is 43.5 Å². The lowest BCUT2D eigenvalue weighted by molar-refractivity contribution is 0.309. The summed E-state index contributed by atoms with van der Waals surface area (Å²) in [5, 5.41) is -0.797. The third-order valence-corrected chi connectivity index (χ3v) is 9.26. The molecule has 1 fully saturated rings. The second-order valence-corrected chi connectivity index (χ2v) is 11.4. The second kappa shape index (κ2) is 8.07. The van der Waals surface area contributed by atoms with Crippen LogP contribution in [-0.4, -0.2) is 46.6 Å². The van der Waals surface area contributed by atoms with Crippen molar-refractivity contribution in [3.8, 4) is 16.9 Å². The molecule has 3 aromatic carbocycles. The maximum absolute atomic E-state index is 13.1. The molecule has 1 heterocycles. The fraction of sp³-hybridized carbons (Fsp3) is 0.182. The van der Waals surface area contributed by atoms with Gasteiger partial charge < -0.3 is 4.74 Å². The van der Waals surface area contributed by atoms with Crippen LogP contribution in [0.3, 0.4) is 0 Å². The molecule has 4 rings (SSSR count). The van der Waals surface area contributed by atoms with E-state index in [1.54, 1.807) is 36.4 Å². The molecular formula is C22H20FNO5S2. The topological polar surface area (TPSA) is 80.8 Å². The van der Waals surface area contributed by atoms with Crippen molar-refractivity contribution in [2.45, 2.75) is 15.0 Å². The van der Waals surface area contributed by atoms with E-state index in [4.69, 9.17) is 4.74 Å². The van der Waals surface area contributed by atoms with Crippen molar-refractivity contribution in [3.63, 3.8) is 0 Å². The summed E-state index contributed by atoms with van der Waals surface area (Å²) >= 11 is 0. The number of rotatable bonds is 6. The molecule has 31 heavy (non-hydrogen) atoms. The number of sulfonamides is 1. The third kappa shape index (κ3) is 4.08. The number of nitrogens with zero attached hydrogens (tertiary/aromatic N) is 1. The van der Waals surface area contributed by atoms with Gasteiger partial charge in [0, 0.05) is 13.1 Å². The van der Waals surface area contributed by atoms with Crippen molar-refractivity contribution < 1.29 is 26.0 Å². The first-order valence-corrected chi connectivity index (χ1v) is 12.4. The van der Waals surface area contributed by atoms with Gasteiger partial charge in [0.05, 0.1) is 22.2 Å². The van der Waals surface area contributed by atoms with Gasteiger partial charge in [-0.25, -0.2) is 21.2 Å². The van der Waals surface area contributed by atoms with Crippen LogP contribution in [0.1, 0.15) is 0 Å². The average Bonchev–Trinajstić information content (AvgIpc) is 2.73. The van der Waals surface area contributed by atoms with Gasteiger partial charge in [0.25, 0.3) is 0 Å². The van der Waals surface area contributed by atoms with Gasteiger partial charge in [0.2, 0.25) is 10.0 Å². The Kier molecular flexibility index (Phi) is 5.59. The number of halogens is 1. The highest BCUT2D eigenvalue weighted by atomic mass is 32.2. The maximum atomic E-state index is 13.1. The molecule has 0 aromatic heterocycles. The monoisotopic (exact) mass is 461 g/mol. The van der Waals surface area contributed by atoms with Gasteiger partial charge in [-0.05, 0) is 59.7 Å². The number of hydrogen-bond donors (Lipinski definition) is 0. The van der Waals surface area contributed by atoms with Crippen molar-refractivity contribution >= 4 is 19.9 Å². The number of sulfone groups is 1. The lowest BCUT2D eigenvalue weighted by Gasteiger charge is -2.37. The molecule has 0 amide bonds. The van der Waals surface area contributed by atoms with Crippen LogP contribution in [0.25, 0.3) is 11.1 Å². The molecule has 0 N–H and O–H groups in total. The summed E-state index contributed by atoms with van der Waals surface area (Å²) in [4.78, 5) is 0.220. The van der Waals surface area contributed by atoms with Crippen LogP contribution in [0.2, 0.25) is 0 Å². The smallest absolute Gasteiger partial charge is 0.243 e. The molecular weight excluding hydrogens is 441 g/mol. The van der Waals surface area contributed by atoms with Gasteiger partial charge in [0.15, 0.2) is 9.84 Å². The molecule has 0 spiro atoms. The van der Waals surface area contributed by atoms with E-state index >= 15 is 0 Å². The number of methoxy groups -OCH3 is 1. The quantitative estimate of drug-likeness (QED) is 0.562. The van der Waals surface area contributed by atoms with E-state index in [0.717, 1.165) is 15.4 Å². The Morgan fingerprint density at radius 2 is 1.26 bits per heavy atom. The number of ether oxygens (including phenoxy) is 1. The van der Waals surface area contributed by atoms with Crippen LogP contribution in [0.5, 0.6) is 5.75 Å². The molecule has 1 aliphatic rings. The SMILES string of the molecule is COc1ccc(S(=O)(=O)C2CN(S(=O)(=O)c3ccc(-c4ccc(F)cc4)cc3)C2)cc1. The molecule has 0 bridgehead atoms. The fourth-order valence-corrected chi connectivity index (χ4v) is 6.73. The Labute approximate surface area is 180 Å². The van der Waals surface area contributed by atoms with E-state index in [-0.39, 0.29) is 28.7 Å².